The number of aromatic nitrogens is 3. The molecule has 0 radical (unpaired) electrons. The number of rotatable bonds is 1. The molecular weight excluding hydrogens is 236 g/mol. The van der Waals surface area contributed by atoms with E-state index in [0.29, 0.717) is 26.2 Å². The predicted octanol–water partition coefficient (Wildman–Crippen LogP) is -0.919. The van der Waals surface area contributed by atoms with Gasteiger partial charge < -0.3 is 15.5 Å². The van der Waals surface area contributed by atoms with E-state index in [1.165, 1.54) is 6.92 Å². The lowest BCUT2D eigenvalue weighted by atomic mass is 10.3. The smallest absolute Gasteiger partial charge is 0.291 e. The third kappa shape index (κ3) is 2.58. The maximum absolute atomic E-state index is 12.1. The molecule has 1 saturated heterocycles. The number of carbonyl (C=O) groups is 2. The number of amides is 2. The number of hydrogen-bond acceptors (Lipinski definition) is 5. The summed E-state index contributed by atoms with van der Waals surface area (Å²) in [7, 11) is 0. The monoisotopic (exact) mass is 252 g/mol. The van der Waals surface area contributed by atoms with Crippen molar-refractivity contribution in [3.63, 3.8) is 0 Å². The molecule has 0 bridgehead atoms. The van der Waals surface area contributed by atoms with E-state index in [1.807, 2.05) is 0 Å². The van der Waals surface area contributed by atoms with Crippen molar-refractivity contribution in [2.24, 2.45) is 0 Å². The van der Waals surface area contributed by atoms with Crippen LogP contribution in [0.2, 0.25) is 0 Å². The number of nitrogens with zero attached hydrogens (tertiary/aromatic N) is 4. The molecule has 2 rings (SSSR count). The minimum absolute atomic E-state index is 0.0354. The Morgan fingerprint density at radius 1 is 1.22 bits per heavy atom. The van der Waals surface area contributed by atoms with Gasteiger partial charge >= 0.3 is 0 Å². The van der Waals surface area contributed by atoms with Crippen molar-refractivity contribution in [1.82, 2.24) is 25.0 Å². The lowest BCUT2D eigenvalue weighted by molar-refractivity contribution is -0.128. The number of nitrogens with two attached hydrogens (primary N) is 1. The molecule has 1 aromatic rings. The number of anilines is 1. The second-order valence-electron chi connectivity index (χ2n) is 4.19. The molecule has 0 spiro atoms. The van der Waals surface area contributed by atoms with Crippen molar-refractivity contribution in [3.8, 4) is 0 Å². The highest BCUT2D eigenvalue weighted by atomic mass is 16.2. The molecule has 1 aliphatic rings. The fraction of sp³-hybridized carbons (Fsp3) is 0.600. The fourth-order valence-corrected chi connectivity index (χ4v) is 1.96. The molecule has 2 amide bonds. The number of nitrogen functional groups attached to an aromatic ring is 1. The van der Waals surface area contributed by atoms with E-state index in [1.54, 1.807) is 9.80 Å². The Morgan fingerprint density at radius 2 is 1.89 bits per heavy atom. The minimum atomic E-state index is -0.232. The van der Waals surface area contributed by atoms with Gasteiger partial charge in [-0.2, -0.15) is 4.98 Å². The maximum atomic E-state index is 12.1. The molecular formula is C10H16N6O2. The molecule has 1 fully saturated rings. The molecule has 0 aliphatic carbocycles. The first-order valence-corrected chi connectivity index (χ1v) is 5.80. The zero-order chi connectivity index (χ0) is 13.1. The van der Waals surface area contributed by atoms with Crippen LogP contribution in [0.3, 0.4) is 0 Å². The standard InChI is InChI=1S/C10H16N6O2/c1-7(17)15-3-2-4-16(6-5-15)9(18)8-12-10(11)14-13-8/h2-6H2,1H3,(H3,11,12,13,14). The topological polar surface area (TPSA) is 108 Å². The van der Waals surface area contributed by atoms with E-state index in [9.17, 15) is 9.59 Å². The minimum Gasteiger partial charge on any atom is -0.366 e. The third-order valence-electron chi connectivity index (χ3n) is 2.93. The van der Waals surface area contributed by atoms with Gasteiger partial charge in [0.05, 0.1) is 0 Å². The number of aromatic amines is 1. The zero-order valence-corrected chi connectivity index (χ0v) is 10.2. The van der Waals surface area contributed by atoms with Gasteiger partial charge in [-0.25, -0.2) is 0 Å². The first-order chi connectivity index (χ1) is 8.58. The predicted molar refractivity (Wildman–Crippen MR) is 63.6 cm³/mol. The summed E-state index contributed by atoms with van der Waals surface area (Å²) in [5.74, 6) is 0.000111. The summed E-state index contributed by atoms with van der Waals surface area (Å²) in [6.07, 6.45) is 0.759. The van der Waals surface area contributed by atoms with E-state index in [4.69, 9.17) is 5.73 Å². The Balaban J connectivity index is 2.02. The van der Waals surface area contributed by atoms with Crippen molar-refractivity contribution >= 4 is 17.8 Å². The van der Waals surface area contributed by atoms with Crippen LogP contribution in [0, 0.1) is 0 Å². The number of hydrogen-bond donors (Lipinski definition) is 2. The SMILES string of the molecule is CC(=O)N1CCCN(C(=O)c2nc(N)n[nH]2)CC1. The summed E-state index contributed by atoms with van der Waals surface area (Å²) < 4.78 is 0. The number of carbonyl (C=O) groups excluding carboxylic acids is 2. The zero-order valence-electron chi connectivity index (χ0n) is 10.2. The highest BCUT2D eigenvalue weighted by Gasteiger charge is 2.23. The highest BCUT2D eigenvalue weighted by molar-refractivity contribution is 5.90. The summed E-state index contributed by atoms with van der Waals surface area (Å²) >= 11 is 0. The van der Waals surface area contributed by atoms with Crippen LogP contribution in [0.25, 0.3) is 0 Å². The molecule has 0 atom stereocenters. The van der Waals surface area contributed by atoms with E-state index in [0.717, 1.165) is 6.42 Å². The van der Waals surface area contributed by atoms with Crippen LogP contribution in [-0.4, -0.2) is 63.0 Å². The van der Waals surface area contributed by atoms with Gasteiger partial charge in [-0.15, -0.1) is 5.10 Å². The molecule has 98 valence electrons. The summed E-state index contributed by atoms with van der Waals surface area (Å²) in [6, 6.07) is 0. The van der Waals surface area contributed by atoms with Gasteiger partial charge in [-0.1, -0.05) is 0 Å². The molecule has 8 nitrogen and oxygen atoms in total. The second-order valence-corrected chi connectivity index (χ2v) is 4.19. The molecule has 0 aromatic carbocycles. The largest absolute Gasteiger partial charge is 0.366 e. The lowest BCUT2D eigenvalue weighted by Gasteiger charge is -2.20. The molecule has 0 unspecified atom stereocenters. The Labute approximate surface area is 104 Å². The lowest BCUT2D eigenvalue weighted by Crippen LogP contribution is -2.37. The summed E-state index contributed by atoms with van der Waals surface area (Å²) in [6.45, 7) is 3.86. The van der Waals surface area contributed by atoms with Gasteiger partial charge in [0.2, 0.25) is 17.7 Å². The summed E-state index contributed by atoms with van der Waals surface area (Å²) in [5.41, 5.74) is 5.36. The van der Waals surface area contributed by atoms with E-state index < -0.39 is 0 Å². The van der Waals surface area contributed by atoms with Crippen LogP contribution in [0.15, 0.2) is 0 Å². The maximum Gasteiger partial charge on any atom is 0.291 e. The van der Waals surface area contributed by atoms with Crippen molar-refractivity contribution < 1.29 is 9.59 Å². The Kier molecular flexibility index (Phi) is 3.45. The van der Waals surface area contributed by atoms with Gasteiger partial charge in [-0.3, -0.25) is 14.7 Å². The van der Waals surface area contributed by atoms with Crippen molar-refractivity contribution in [2.75, 3.05) is 31.9 Å². The van der Waals surface area contributed by atoms with Crippen LogP contribution in [0.4, 0.5) is 5.95 Å². The Hall–Kier alpha value is -2.12. The average molecular weight is 252 g/mol. The van der Waals surface area contributed by atoms with Gasteiger partial charge in [0, 0.05) is 33.1 Å². The fourth-order valence-electron chi connectivity index (χ4n) is 1.96. The summed E-state index contributed by atoms with van der Waals surface area (Å²) in [4.78, 5) is 30.6. The number of nitrogens with one attached hydrogen (secondary N) is 1. The van der Waals surface area contributed by atoms with Crippen molar-refractivity contribution in [3.05, 3.63) is 5.82 Å². The Morgan fingerprint density at radius 3 is 2.50 bits per heavy atom. The van der Waals surface area contributed by atoms with Crippen LogP contribution < -0.4 is 5.73 Å². The highest BCUT2D eigenvalue weighted by Crippen LogP contribution is 2.07. The normalized spacial score (nSPS) is 16.5. The molecule has 8 heteroatoms. The second kappa shape index (κ2) is 5.03. The van der Waals surface area contributed by atoms with Gasteiger partial charge in [0.1, 0.15) is 0 Å². The van der Waals surface area contributed by atoms with Crippen LogP contribution in [0.1, 0.15) is 24.0 Å². The van der Waals surface area contributed by atoms with E-state index >= 15 is 0 Å². The number of H-pyrrole nitrogens is 1. The molecule has 1 aromatic heterocycles. The quantitative estimate of drug-likeness (QED) is 0.672. The van der Waals surface area contributed by atoms with Gasteiger partial charge in [-0.05, 0) is 6.42 Å². The molecule has 18 heavy (non-hydrogen) atoms. The van der Waals surface area contributed by atoms with Crippen LogP contribution in [-0.2, 0) is 4.79 Å². The Bertz CT molecular complexity index is 457. The van der Waals surface area contributed by atoms with Crippen LogP contribution in [0.5, 0.6) is 0 Å². The van der Waals surface area contributed by atoms with Gasteiger partial charge in [0.25, 0.3) is 5.91 Å². The molecule has 0 saturated carbocycles. The molecule has 2 heterocycles. The van der Waals surface area contributed by atoms with Crippen LogP contribution >= 0.6 is 0 Å². The molecule has 1 aliphatic heterocycles. The summed E-state index contributed by atoms with van der Waals surface area (Å²) in [5, 5.41) is 6.13. The third-order valence-corrected chi connectivity index (χ3v) is 2.93. The first kappa shape index (κ1) is 12.3. The van der Waals surface area contributed by atoms with Gasteiger partial charge in [0.15, 0.2) is 0 Å². The average Bonchev–Trinajstić information content (AvgIpc) is 2.63. The van der Waals surface area contributed by atoms with E-state index in [2.05, 4.69) is 15.2 Å². The van der Waals surface area contributed by atoms with Crippen molar-refractivity contribution in [2.45, 2.75) is 13.3 Å². The van der Waals surface area contributed by atoms with E-state index in [-0.39, 0.29) is 23.6 Å². The molecule has 3 N–H and O–H groups in total. The first-order valence-electron chi connectivity index (χ1n) is 5.80. The van der Waals surface area contributed by atoms with Crippen molar-refractivity contribution in [1.29, 1.82) is 0 Å².